The maximum absolute atomic E-state index is 13.4. The van der Waals surface area contributed by atoms with Crippen LogP contribution in [0.15, 0.2) is 83.8 Å². The number of carbonyl (C=O) groups excluding carboxylic acids is 1. The van der Waals surface area contributed by atoms with E-state index in [0.29, 0.717) is 64.0 Å². The van der Waals surface area contributed by atoms with E-state index in [9.17, 15) is 13.2 Å². The lowest BCUT2D eigenvalue weighted by Crippen LogP contribution is -2.42. The van der Waals surface area contributed by atoms with E-state index in [2.05, 4.69) is 20.5 Å². The van der Waals surface area contributed by atoms with Crippen molar-refractivity contribution in [1.82, 2.24) is 20.1 Å². The lowest BCUT2D eigenvalue weighted by molar-refractivity contribution is 0.0897. The molecule has 0 atom stereocenters. The van der Waals surface area contributed by atoms with Gasteiger partial charge >= 0.3 is 6.09 Å². The van der Waals surface area contributed by atoms with Crippen LogP contribution in [0, 0.1) is 6.92 Å². The molecule has 10 nitrogen and oxygen atoms in total. The van der Waals surface area contributed by atoms with E-state index in [1.54, 1.807) is 48.4 Å². The number of likely N-dealkylation sites (tertiary alicyclic amines) is 1. The molecule has 13 heteroatoms. The van der Waals surface area contributed by atoms with E-state index in [-0.39, 0.29) is 17.5 Å². The molecule has 5 aromatic rings. The van der Waals surface area contributed by atoms with E-state index >= 15 is 0 Å². The fraction of sp³-hybridized carbons (Fsp3) is 0.235. The number of nitrogens with one attached hydrogen (secondary N) is 1. The molecule has 0 unspecified atom stereocenters. The number of fused-ring (bicyclic) bond motifs is 1. The minimum absolute atomic E-state index is 0.175. The van der Waals surface area contributed by atoms with Crippen molar-refractivity contribution in [2.24, 2.45) is 0 Å². The second-order valence-electron chi connectivity index (χ2n) is 11.2. The molecule has 0 saturated carbocycles. The van der Waals surface area contributed by atoms with Gasteiger partial charge < -0.3 is 19.7 Å². The molecular formula is C34H31Cl2N5O5S. The number of anilines is 2. The molecule has 1 fully saturated rings. The van der Waals surface area contributed by atoms with Gasteiger partial charge in [-0.1, -0.05) is 53.5 Å². The Kier molecular flexibility index (Phi) is 9.49. The Hall–Kier alpha value is -4.45. The van der Waals surface area contributed by atoms with Crippen LogP contribution in [0.3, 0.4) is 0 Å². The number of carbonyl (C=O) groups is 1. The molecule has 0 bridgehead atoms. The van der Waals surface area contributed by atoms with Crippen molar-refractivity contribution in [3.63, 3.8) is 0 Å². The van der Waals surface area contributed by atoms with Crippen LogP contribution in [-0.2, 0) is 21.2 Å². The van der Waals surface area contributed by atoms with Gasteiger partial charge in [0.2, 0.25) is 5.95 Å². The van der Waals surface area contributed by atoms with Crippen LogP contribution >= 0.6 is 23.2 Å². The highest BCUT2D eigenvalue weighted by atomic mass is 35.5. The van der Waals surface area contributed by atoms with Crippen LogP contribution in [0.5, 0.6) is 5.75 Å². The van der Waals surface area contributed by atoms with Gasteiger partial charge in [-0.25, -0.2) is 18.2 Å². The van der Waals surface area contributed by atoms with Crippen LogP contribution in [0.1, 0.15) is 24.0 Å². The Labute approximate surface area is 282 Å². The monoisotopic (exact) mass is 691 g/mol. The first-order valence-corrected chi connectivity index (χ1v) is 17.2. The molecule has 0 aliphatic carbocycles. The van der Waals surface area contributed by atoms with Gasteiger partial charge in [-0.05, 0) is 85.0 Å². The zero-order valence-electron chi connectivity index (χ0n) is 25.6. The lowest BCUT2D eigenvalue weighted by Gasteiger charge is -2.31. The molecular weight excluding hydrogens is 661 g/mol. The van der Waals surface area contributed by atoms with Gasteiger partial charge in [-0.15, -0.1) is 10.2 Å². The van der Waals surface area contributed by atoms with Crippen molar-refractivity contribution in [3.05, 3.63) is 100 Å². The largest absolute Gasteiger partial charge is 0.495 e. The minimum atomic E-state index is -3.61. The molecule has 1 N–H and O–H groups in total. The topological polar surface area (TPSA) is 124 Å². The molecule has 4 aromatic carbocycles. The van der Waals surface area contributed by atoms with E-state index in [1.807, 2.05) is 49.4 Å². The maximum Gasteiger partial charge on any atom is 0.410 e. The average Bonchev–Trinajstić information content (AvgIpc) is 3.08. The highest BCUT2D eigenvalue weighted by molar-refractivity contribution is 7.92. The van der Waals surface area contributed by atoms with E-state index in [1.165, 1.54) is 0 Å². The number of methoxy groups -OCH3 is 1. The third kappa shape index (κ3) is 6.97. The first-order chi connectivity index (χ1) is 22.6. The Morgan fingerprint density at radius 2 is 1.70 bits per heavy atom. The number of rotatable bonds is 8. The summed E-state index contributed by atoms with van der Waals surface area (Å²) in [4.78, 5) is 18.9. The maximum atomic E-state index is 13.4. The molecule has 0 spiro atoms. The molecule has 1 amide bonds. The fourth-order valence-corrected chi connectivity index (χ4v) is 7.97. The predicted octanol–water partition coefficient (Wildman–Crippen LogP) is 7.63. The molecule has 1 aliphatic rings. The molecule has 6 rings (SSSR count). The quantitative estimate of drug-likeness (QED) is 0.175. The van der Waals surface area contributed by atoms with E-state index in [0.717, 1.165) is 16.7 Å². The third-order valence-corrected chi connectivity index (χ3v) is 11.1. The predicted molar refractivity (Wildman–Crippen MR) is 182 cm³/mol. The van der Waals surface area contributed by atoms with Gasteiger partial charge in [0.25, 0.3) is 0 Å². The Morgan fingerprint density at radius 3 is 2.40 bits per heavy atom. The molecule has 2 heterocycles. The van der Waals surface area contributed by atoms with Crippen molar-refractivity contribution in [1.29, 1.82) is 0 Å². The number of ether oxygens (including phenoxy) is 2. The third-order valence-electron chi connectivity index (χ3n) is 8.10. The summed E-state index contributed by atoms with van der Waals surface area (Å²) in [6.45, 7) is 2.70. The number of nitrogens with zero attached hydrogens (tertiary/aromatic N) is 4. The van der Waals surface area contributed by atoms with Crippen LogP contribution in [0.4, 0.5) is 16.4 Å². The number of piperidine rings is 1. The zero-order valence-corrected chi connectivity index (χ0v) is 27.9. The second kappa shape index (κ2) is 13.7. The number of sulfone groups is 1. The molecule has 0 radical (unpaired) electrons. The Morgan fingerprint density at radius 1 is 0.979 bits per heavy atom. The SMILES string of the molecule is COc1ccc(Cl)c(-c2cc(C)c3nc(Nc4ccc(S(=O)(=O)C5CCN(C(=O)OCc6ccccc6)CC5)cc4)nnc3c2)c1Cl. The number of hydrogen-bond acceptors (Lipinski definition) is 9. The minimum Gasteiger partial charge on any atom is -0.495 e. The first-order valence-electron chi connectivity index (χ1n) is 14.9. The number of aromatic nitrogens is 3. The Balaban J connectivity index is 1.10. The van der Waals surface area contributed by atoms with Crippen LogP contribution < -0.4 is 10.1 Å². The highest BCUT2D eigenvalue weighted by Crippen LogP contribution is 2.41. The van der Waals surface area contributed by atoms with Gasteiger partial charge in [-0.2, -0.15) is 0 Å². The van der Waals surface area contributed by atoms with Crippen LogP contribution in [-0.4, -0.2) is 60.0 Å². The molecule has 47 heavy (non-hydrogen) atoms. The second-order valence-corrected chi connectivity index (χ2v) is 14.2. The van der Waals surface area contributed by atoms with Crippen LogP contribution in [0.2, 0.25) is 10.0 Å². The van der Waals surface area contributed by atoms with Gasteiger partial charge in [-0.3, -0.25) is 0 Å². The number of hydrogen-bond donors (Lipinski definition) is 1. The molecule has 1 aliphatic heterocycles. The molecule has 242 valence electrons. The summed E-state index contributed by atoms with van der Waals surface area (Å²) >= 11 is 13.1. The van der Waals surface area contributed by atoms with Gasteiger partial charge in [0, 0.05) is 24.3 Å². The van der Waals surface area contributed by atoms with E-state index in [4.69, 9.17) is 32.7 Å². The molecule has 1 saturated heterocycles. The summed E-state index contributed by atoms with van der Waals surface area (Å²) in [6.07, 6.45) is 0.222. The normalized spacial score (nSPS) is 13.8. The zero-order chi connectivity index (χ0) is 33.1. The van der Waals surface area contributed by atoms with E-state index < -0.39 is 21.2 Å². The van der Waals surface area contributed by atoms with Crippen molar-refractivity contribution in [2.75, 3.05) is 25.5 Å². The summed E-state index contributed by atoms with van der Waals surface area (Å²) in [7, 11) is -2.06. The Bertz CT molecular complexity index is 2040. The number of aryl methyl sites for hydroxylation is 1. The first kappa shape index (κ1) is 32.5. The van der Waals surface area contributed by atoms with Crippen LogP contribution in [0.25, 0.3) is 22.2 Å². The van der Waals surface area contributed by atoms with Crippen molar-refractivity contribution in [3.8, 4) is 16.9 Å². The highest BCUT2D eigenvalue weighted by Gasteiger charge is 2.33. The average molecular weight is 693 g/mol. The lowest BCUT2D eigenvalue weighted by atomic mass is 10.0. The number of halogens is 2. The summed E-state index contributed by atoms with van der Waals surface area (Å²) in [5, 5.41) is 12.0. The van der Waals surface area contributed by atoms with Crippen molar-refractivity contribution < 1.29 is 22.7 Å². The summed E-state index contributed by atoms with van der Waals surface area (Å²) in [6, 6.07) is 23.0. The van der Waals surface area contributed by atoms with Gasteiger partial charge in [0.15, 0.2) is 9.84 Å². The summed E-state index contributed by atoms with van der Waals surface area (Å²) in [5.74, 6) is 0.765. The van der Waals surface area contributed by atoms with Crippen molar-refractivity contribution >= 4 is 61.8 Å². The molecule has 1 aromatic heterocycles. The number of amides is 1. The smallest absolute Gasteiger partial charge is 0.410 e. The van der Waals surface area contributed by atoms with Gasteiger partial charge in [0.1, 0.15) is 17.9 Å². The fourth-order valence-electron chi connectivity index (χ4n) is 5.57. The standard InChI is InChI=1S/C34H31Cl2N5O5S/c1-21-18-23(30-27(35)12-13-29(45-2)31(30)36)19-28-32(21)38-33(40-39-28)37-24-8-10-25(11-9-24)47(43,44)26-14-16-41(17-15-26)34(42)46-20-22-6-4-3-5-7-22/h3-13,18-19,26H,14-17,20H2,1-2H3,(H,37,38,40). The van der Waals surface area contributed by atoms with Gasteiger partial charge in [0.05, 0.1) is 32.8 Å². The number of benzene rings is 4. The summed E-state index contributed by atoms with van der Waals surface area (Å²) in [5.41, 5.74) is 4.90. The summed E-state index contributed by atoms with van der Waals surface area (Å²) < 4.78 is 37.6. The van der Waals surface area contributed by atoms with Crippen molar-refractivity contribution in [2.45, 2.75) is 36.5 Å².